The van der Waals surface area contributed by atoms with Crippen LogP contribution in [0.3, 0.4) is 0 Å². The normalized spacial score (nSPS) is 19.2. The van der Waals surface area contributed by atoms with Gasteiger partial charge in [-0.2, -0.15) is 13.2 Å². The molecule has 10 heteroatoms. The number of halogens is 4. The number of hydrogen-bond acceptors (Lipinski definition) is 5. The summed E-state index contributed by atoms with van der Waals surface area (Å²) in [6.07, 6.45) is -2.27. The molecule has 1 aliphatic heterocycles. The first-order valence-electron chi connectivity index (χ1n) is 12.9. The van der Waals surface area contributed by atoms with Gasteiger partial charge in [0.05, 0.1) is 18.2 Å². The van der Waals surface area contributed by atoms with Crippen LogP contribution in [-0.2, 0) is 11.0 Å². The van der Waals surface area contributed by atoms with Crippen molar-refractivity contribution in [3.8, 4) is 5.75 Å². The summed E-state index contributed by atoms with van der Waals surface area (Å²) in [6.45, 7) is 2.09. The van der Waals surface area contributed by atoms with Crippen molar-refractivity contribution in [1.29, 1.82) is 0 Å². The topological polar surface area (TPSA) is 62.7 Å². The molecule has 1 fully saturated rings. The Morgan fingerprint density at radius 3 is 2.64 bits per heavy atom. The van der Waals surface area contributed by atoms with Gasteiger partial charge in [-0.15, -0.1) is 11.8 Å². The van der Waals surface area contributed by atoms with Crippen molar-refractivity contribution in [3.05, 3.63) is 65.9 Å². The van der Waals surface area contributed by atoms with E-state index in [0.29, 0.717) is 53.9 Å². The van der Waals surface area contributed by atoms with Crippen molar-refractivity contribution in [2.75, 3.05) is 32.5 Å². The Bertz CT molecular complexity index is 1260. The highest BCUT2D eigenvalue weighted by atomic mass is 32.2. The lowest BCUT2D eigenvalue weighted by atomic mass is 9.79. The largest absolute Gasteiger partial charge is 0.497 e. The maximum absolute atomic E-state index is 15.5. The Morgan fingerprint density at radius 1 is 1.18 bits per heavy atom. The van der Waals surface area contributed by atoms with Gasteiger partial charge < -0.3 is 14.7 Å². The second-order valence-electron chi connectivity index (χ2n) is 9.91. The van der Waals surface area contributed by atoms with E-state index in [4.69, 9.17) is 4.74 Å². The number of fused-ring (bicyclic) bond motifs is 1. The Hall–Kier alpha value is -2.85. The highest BCUT2D eigenvalue weighted by Crippen LogP contribution is 2.36. The smallest absolute Gasteiger partial charge is 0.416 e. The molecule has 5 nitrogen and oxygen atoms in total. The van der Waals surface area contributed by atoms with E-state index in [1.165, 1.54) is 23.9 Å². The number of carboxylic acid groups (broad SMARTS) is 1. The number of pyridine rings is 1. The minimum atomic E-state index is -4.35. The average molecular weight is 565 g/mol. The molecule has 1 saturated heterocycles. The molecule has 0 aliphatic carbocycles. The molecule has 0 radical (unpaired) electrons. The molecule has 2 heterocycles. The molecule has 0 unspecified atom stereocenters. The third-order valence-electron chi connectivity index (χ3n) is 7.38. The molecule has 3 atom stereocenters. The van der Waals surface area contributed by atoms with E-state index in [1.54, 1.807) is 37.6 Å². The number of ether oxygens (including phenoxy) is 1. The van der Waals surface area contributed by atoms with Gasteiger partial charge in [-0.05, 0) is 91.7 Å². The van der Waals surface area contributed by atoms with Crippen LogP contribution in [0, 0.1) is 11.8 Å². The van der Waals surface area contributed by atoms with E-state index in [9.17, 15) is 23.1 Å². The molecule has 3 aromatic rings. The number of alkyl halides is 4. The number of thioether (sulfide) groups is 1. The van der Waals surface area contributed by atoms with E-state index >= 15 is 4.39 Å². The Balaban J connectivity index is 1.32. The van der Waals surface area contributed by atoms with Gasteiger partial charge in [0.25, 0.3) is 0 Å². The Kier molecular flexibility index (Phi) is 9.71. The highest BCUT2D eigenvalue weighted by molar-refractivity contribution is 7.99. The maximum atomic E-state index is 15.5. The molecule has 1 aliphatic rings. The van der Waals surface area contributed by atoms with Gasteiger partial charge in [0.2, 0.25) is 0 Å². The van der Waals surface area contributed by atoms with Crippen LogP contribution >= 0.6 is 11.8 Å². The summed E-state index contributed by atoms with van der Waals surface area (Å²) in [7, 11) is 1.56. The van der Waals surface area contributed by atoms with Crippen molar-refractivity contribution >= 4 is 28.6 Å². The number of hydrogen-bond donors (Lipinski definition) is 1. The lowest BCUT2D eigenvalue weighted by molar-refractivity contribution is -0.139. The maximum Gasteiger partial charge on any atom is 0.416 e. The number of carbonyl (C=O) groups is 1. The van der Waals surface area contributed by atoms with Gasteiger partial charge in [-0.1, -0.05) is 0 Å². The summed E-state index contributed by atoms with van der Waals surface area (Å²) in [6, 6.07) is 12.2. The molecule has 210 valence electrons. The molecular weight excluding hydrogens is 532 g/mol. The molecule has 0 amide bonds. The van der Waals surface area contributed by atoms with Crippen molar-refractivity contribution in [3.63, 3.8) is 0 Å². The Morgan fingerprint density at radius 2 is 1.95 bits per heavy atom. The molecule has 0 spiro atoms. The van der Waals surface area contributed by atoms with Crippen molar-refractivity contribution in [2.45, 2.75) is 42.9 Å². The van der Waals surface area contributed by atoms with E-state index in [-0.39, 0.29) is 18.3 Å². The number of aromatic nitrogens is 1. The fourth-order valence-corrected chi connectivity index (χ4v) is 6.20. The highest BCUT2D eigenvalue weighted by Gasteiger charge is 2.32. The minimum Gasteiger partial charge on any atom is -0.497 e. The van der Waals surface area contributed by atoms with E-state index < -0.39 is 23.9 Å². The van der Waals surface area contributed by atoms with Crippen LogP contribution in [0.1, 0.15) is 43.0 Å². The van der Waals surface area contributed by atoms with Crippen LogP contribution in [0.15, 0.2) is 59.6 Å². The summed E-state index contributed by atoms with van der Waals surface area (Å²) < 4.78 is 59.1. The SMILES string of the molecule is COc1ccc2nccc([C@@H](F)CC[C@@H]3CCN(CCSc4ccc(C(F)(F)F)cc4)C[C@@H]3CC(=O)O)c2c1. The monoisotopic (exact) mass is 564 g/mol. The second kappa shape index (κ2) is 13.0. The lowest BCUT2D eigenvalue weighted by Crippen LogP contribution is -2.42. The third-order valence-corrected chi connectivity index (χ3v) is 8.37. The molecular formula is C29H32F4N2O3S. The fraction of sp³-hybridized carbons (Fsp3) is 0.448. The summed E-state index contributed by atoms with van der Waals surface area (Å²) in [5, 5.41) is 10.2. The number of nitrogens with zero attached hydrogens (tertiary/aromatic N) is 2. The van der Waals surface area contributed by atoms with Crippen LogP contribution in [0.25, 0.3) is 10.9 Å². The average Bonchev–Trinajstić information content (AvgIpc) is 2.91. The zero-order chi connectivity index (χ0) is 28.0. The van der Waals surface area contributed by atoms with Crippen molar-refractivity contribution in [1.82, 2.24) is 9.88 Å². The second-order valence-corrected chi connectivity index (χ2v) is 11.1. The van der Waals surface area contributed by atoms with Crippen LogP contribution in [0.2, 0.25) is 0 Å². The number of piperidine rings is 1. The first-order chi connectivity index (χ1) is 18.6. The molecule has 0 bridgehead atoms. The number of likely N-dealkylation sites (tertiary alicyclic amines) is 1. The van der Waals surface area contributed by atoms with Gasteiger partial charge in [-0.25, -0.2) is 4.39 Å². The number of carboxylic acids is 1. The van der Waals surface area contributed by atoms with Crippen molar-refractivity contribution < 1.29 is 32.2 Å². The van der Waals surface area contributed by atoms with Gasteiger partial charge in [-0.3, -0.25) is 9.78 Å². The first kappa shape index (κ1) is 29.1. The third kappa shape index (κ3) is 7.85. The number of rotatable bonds is 11. The molecule has 2 aromatic carbocycles. The van der Waals surface area contributed by atoms with Crippen LogP contribution < -0.4 is 4.74 Å². The zero-order valence-electron chi connectivity index (χ0n) is 21.7. The quantitative estimate of drug-likeness (QED) is 0.195. The molecule has 1 aromatic heterocycles. The van der Waals surface area contributed by atoms with Gasteiger partial charge in [0.1, 0.15) is 11.9 Å². The fourth-order valence-electron chi connectivity index (χ4n) is 5.29. The number of aliphatic carboxylic acids is 1. The summed E-state index contributed by atoms with van der Waals surface area (Å²) in [4.78, 5) is 18.9. The summed E-state index contributed by atoms with van der Waals surface area (Å²) >= 11 is 1.48. The van der Waals surface area contributed by atoms with E-state index in [0.717, 1.165) is 30.0 Å². The lowest BCUT2D eigenvalue weighted by Gasteiger charge is -2.38. The van der Waals surface area contributed by atoms with Crippen molar-refractivity contribution in [2.24, 2.45) is 11.8 Å². The van der Waals surface area contributed by atoms with Gasteiger partial charge in [0, 0.05) is 41.7 Å². The summed E-state index contributed by atoms with van der Waals surface area (Å²) in [5.74, 6) is 0.458. The van der Waals surface area contributed by atoms with Crippen LogP contribution in [0.4, 0.5) is 17.6 Å². The molecule has 4 rings (SSSR count). The minimum absolute atomic E-state index is 0.0273. The molecule has 39 heavy (non-hydrogen) atoms. The molecule has 0 saturated carbocycles. The predicted octanol–water partition coefficient (Wildman–Crippen LogP) is 7.26. The zero-order valence-corrected chi connectivity index (χ0v) is 22.5. The van der Waals surface area contributed by atoms with Gasteiger partial charge >= 0.3 is 12.1 Å². The number of benzene rings is 2. The van der Waals surface area contributed by atoms with Gasteiger partial charge in [0.15, 0.2) is 0 Å². The molecule has 1 N–H and O–H groups in total. The van der Waals surface area contributed by atoms with Crippen LogP contribution in [0.5, 0.6) is 5.75 Å². The van der Waals surface area contributed by atoms with E-state index in [2.05, 4.69) is 9.88 Å². The summed E-state index contributed by atoms with van der Waals surface area (Å²) in [5.41, 5.74) is 0.589. The van der Waals surface area contributed by atoms with Crippen LogP contribution in [-0.4, -0.2) is 53.5 Å². The standard InChI is InChI=1S/C29H32F4N2O3S/c1-38-22-5-9-27-25(17-22)24(10-12-34-27)26(30)8-2-19-11-13-35(18-20(19)16-28(36)37)14-15-39-23-6-3-21(4-7-23)29(31,32)33/h3-7,9-10,12,17,19-20,26H,2,8,11,13-16,18H2,1H3,(H,36,37)/t19-,20+,26+/m1/s1. The number of methoxy groups -OCH3 is 1. The van der Waals surface area contributed by atoms with E-state index in [1.807, 2.05) is 0 Å². The Labute approximate surface area is 229 Å². The first-order valence-corrected chi connectivity index (χ1v) is 13.9. The predicted molar refractivity (Wildman–Crippen MR) is 144 cm³/mol.